The molecule has 0 atom stereocenters. The molecule has 4 nitrogen and oxygen atoms in total. The van der Waals surface area contributed by atoms with Crippen molar-refractivity contribution in [3.63, 3.8) is 0 Å². The molecule has 1 aliphatic heterocycles. The third-order valence-corrected chi connectivity index (χ3v) is 7.15. The lowest BCUT2D eigenvalue weighted by molar-refractivity contribution is -0.121. The lowest BCUT2D eigenvalue weighted by Gasteiger charge is -2.21. The summed E-state index contributed by atoms with van der Waals surface area (Å²) in [6.07, 6.45) is 7.90. The molecule has 148 valence electrons. The van der Waals surface area contributed by atoms with Gasteiger partial charge in [-0.05, 0) is 36.8 Å². The normalized spacial score (nSPS) is 16.7. The lowest BCUT2D eigenvalue weighted by Crippen LogP contribution is -2.30. The van der Waals surface area contributed by atoms with Gasteiger partial charge in [-0.3, -0.25) is 9.59 Å². The zero-order valence-corrected chi connectivity index (χ0v) is 17.1. The molecule has 4 rings (SSSR count). The standard InChI is InChI=1S/C23H28N2O2S/c26-21(24-14-16-28-18-9-2-1-3-10-18)13-6-15-25-20-12-5-8-17-7-4-11-19(22(17)20)23(25)27/h4-5,7-8,11-12,18H,1-3,6,9-10,13-16H2,(H,24,26). The molecule has 2 amide bonds. The molecule has 1 aliphatic carbocycles. The first-order valence-corrected chi connectivity index (χ1v) is 11.5. The molecule has 1 heterocycles. The van der Waals surface area contributed by atoms with Gasteiger partial charge < -0.3 is 10.2 Å². The summed E-state index contributed by atoms with van der Waals surface area (Å²) in [6.45, 7) is 1.32. The number of carbonyl (C=O) groups excluding carboxylic acids is 2. The van der Waals surface area contributed by atoms with E-state index in [1.807, 2.05) is 53.1 Å². The van der Waals surface area contributed by atoms with Crippen LogP contribution >= 0.6 is 11.8 Å². The van der Waals surface area contributed by atoms with E-state index >= 15 is 0 Å². The molecule has 2 aromatic rings. The number of hydrogen-bond acceptors (Lipinski definition) is 3. The fourth-order valence-electron chi connectivity index (χ4n) is 4.34. The molecular formula is C23H28N2O2S. The molecule has 2 aliphatic rings. The molecular weight excluding hydrogens is 368 g/mol. The largest absolute Gasteiger partial charge is 0.355 e. The first-order valence-electron chi connectivity index (χ1n) is 10.5. The summed E-state index contributed by atoms with van der Waals surface area (Å²) in [7, 11) is 0. The Morgan fingerprint density at radius 1 is 1.11 bits per heavy atom. The molecule has 0 spiro atoms. The van der Waals surface area contributed by atoms with Gasteiger partial charge >= 0.3 is 0 Å². The smallest absolute Gasteiger partial charge is 0.258 e. The summed E-state index contributed by atoms with van der Waals surface area (Å²) < 4.78 is 0. The number of benzene rings is 2. The van der Waals surface area contributed by atoms with Crippen molar-refractivity contribution in [1.29, 1.82) is 0 Å². The van der Waals surface area contributed by atoms with Crippen LogP contribution in [0.2, 0.25) is 0 Å². The summed E-state index contributed by atoms with van der Waals surface area (Å²) in [6, 6.07) is 11.9. The van der Waals surface area contributed by atoms with E-state index in [0.29, 0.717) is 19.4 Å². The van der Waals surface area contributed by atoms with E-state index in [9.17, 15) is 9.59 Å². The summed E-state index contributed by atoms with van der Waals surface area (Å²) in [5.41, 5.74) is 1.75. The molecule has 1 fully saturated rings. The molecule has 0 radical (unpaired) electrons. The minimum Gasteiger partial charge on any atom is -0.355 e. The fourth-order valence-corrected chi connectivity index (χ4v) is 5.55. The quantitative estimate of drug-likeness (QED) is 0.654. The van der Waals surface area contributed by atoms with Gasteiger partial charge in [-0.15, -0.1) is 0 Å². The average Bonchev–Trinajstić information content (AvgIpc) is 3.00. The van der Waals surface area contributed by atoms with Crippen LogP contribution in [0.25, 0.3) is 10.8 Å². The van der Waals surface area contributed by atoms with Crippen LogP contribution in [0.3, 0.4) is 0 Å². The van der Waals surface area contributed by atoms with E-state index in [0.717, 1.165) is 39.6 Å². The number of hydrogen-bond donors (Lipinski definition) is 1. The van der Waals surface area contributed by atoms with Crippen LogP contribution in [0.4, 0.5) is 5.69 Å². The second kappa shape index (κ2) is 8.99. The second-order valence-corrected chi connectivity index (χ2v) is 9.13. The maximum Gasteiger partial charge on any atom is 0.258 e. The van der Waals surface area contributed by atoms with Gasteiger partial charge in [-0.2, -0.15) is 11.8 Å². The monoisotopic (exact) mass is 396 g/mol. The van der Waals surface area contributed by atoms with E-state index in [2.05, 4.69) is 5.32 Å². The van der Waals surface area contributed by atoms with Gasteiger partial charge in [0.2, 0.25) is 5.91 Å². The van der Waals surface area contributed by atoms with Crippen LogP contribution in [0, 0.1) is 0 Å². The van der Waals surface area contributed by atoms with Crippen molar-refractivity contribution in [2.75, 3.05) is 23.7 Å². The van der Waals surface area contributed by atoms with Crippen LogP contribution in [-0.2, 0) is 4.79 Å². The summed E-state index contributed by atoms with van der Waals surface area (Å²) in [4.78, 5) is 26.7. The SMILES string of the molecule is O=C(CCCN1C(=O)c2cccc3cccc1c23)NCCSC1CCCCC1. The third kappa shape index (κ3) is 4.19. The molecule has 5 heteroatoms. The van der Waals surface area contributed by atoms with Crippen molar-refractivity contribution in [2.45, 2.75) is 50.2 Å². The van der Waals surface area contributed by atoms with Crippen LogP contribution in [0.5, 0.6) is 0 Å². The highest BCUT2D eigenvalue weighted by molar-refractivity contribution is 7.99. The summed E-state index contributed by atoms with van der Waals surface area (Å²) in [5, 5.41) is 5.96. The Labute approximate surface area is 171 Å². The highest BCUT2D eigenvalue weighted by atomic mass is 32.2. The molecule has 0 bridgehead atoms. The Balaban J connectivity index is 1.21. The van der Waals surface area contributed by atoms with Gasteiger partial charge in [-0.25, -0.2) is 0 Å². The van der Waals surface area contributed by atoms with Gasteiger partial charge in [-0.1, -0.05) is 43.5 Å². The maximum atomic E-state index is 12.7. The van der Waals surface area contributed by atoms with Crippen LogP contribution < -0.4 is 10.2 Å². The predicted molar refractivity (Wildman–Crippen MR) is 117 cm³/mol. The Morgan fingerprint density at radius 3 is 2.71 bits per heavy atom. The number of nitrogens with one attached hydrogen (secondary N) is 1. The second-order valence-electron chi connectivity index (χ2n) is 7.72. The molecule has 0 unspecified atom stereocenters. The lowest BCUT2D eigenvalue weighted by atomic mass is 10.0. The van der Waals surface area contributed by atoms with Gasteiger partial charge in [0.1, 0.15) is 0 Å². The minimum atomic E-state index is 0.0519. The first-order chi connectivity index (χ1) is 13.7. The number of nitrogens with zero attached hydrogens (tertiary/aromatic N) is 1. The van der Waals surface area contributed by atoms with E-state index in [4.69, 9.17) is 0 Å². The number of anilines is 1. The molecule has 1 N–H and O–H groups in total. The Morgan fingerprint density at radius 2 is 1.89 bits per heavy atom. The van der Waals surface area contributed by atoms with E-state index in [-0.39, 0.29) is 11.8 Å². The van der Waals surface area contributed by atoms with Crippen molar-refractivity contribution < 1.29 is 9.59 Å². The summed E-state index contributed by atoms with van der Waals surface area (Å²) >= 11 is 2.01. The van der Waals surface area contributed by atoms with Crippen LogP contribution in [0.15, 0.2) is 36.4 Å². The van der Waals surface area contributed by atoms with E-state index in [1.54, 1.807) is 0 Å². The molecule has 28 heavy (non-hydrogen) atoms. The van der Waals surface area contributed by atoms with Gasteiger partial charge in [0.05, 0.1) is 5.69 Å². The van der Waals surface area contributed by atoms with Crippen molar-refractivity contribution >= 4 is 40.0 Å². The number of carbonyl (C=O) groups is 2. The Hall–Kier alpha value is -2.01. The van der Waals surface area contributed by atoms with E-state index < -0.39 is 0 Å². The van der Waals surface area contributed by atoms with Crippen molar-refractivity contribution in [1.82, 2.24) is 5.32 Å². The molecule has 1 saturated carbocycles. The third-order valence-electron chi connectivity index (χ3n) is 5.76. The number of rotatable bonds is 8. The van der Waals surface area contributed by atoms with Crippen molar-refractivity contribution in [3.05, 3.63) is 42.0 Å². The highest BCUT2D eigenvalue weighted by Crippen LogP contribution is 2.37. The molecule has 2 aromatic carbocycles. The molecule has 0 aromatic heterocycles. The van der Waals surface area contributed by atoms with Crippen LogP contribution in [-0.4, -0.2) is 35.9 Å². The number of amides is 2. The minimum absolute atomic E-state index is 0.0519. The van der Waals surface area contributed by atoms with Crippen molar-refractivity contribution in [2.24, 2.45) is 0 Å². The Bertz CT molecular complexity index is 856. The van der Waals surface area contributed by atoms with Gasteiger partial charge in [0.25, 0.3) is 5.91 Å². The van der Waals surface area contributed by atoms with Gasteiger partial charge in [0, 0.05) is 41.5 Å². The number of thioether (sulfide) groups is 1. The fraction of sp³-hybridized carbons (Fsp3) is 0.478. The molecule has 0 saturated heterocycles. The van der Waals surface area contributed by atoms with Crippen molar-refractivity contribution in [3.8, 4) is 0 Å². The topological polar surface area (TPSA) is 49.4 Å². The zero-order chi connectivity index (χ0) is 19.3. The van der Waals surface area contributed by atoms with Crippen LogP contribution in [0.1, 0.15) is 55.3 Å². The zero-order valence-electron chi connectivity index (χ0n) is 16.3. The first kappa shape index (κ1) is 19.3. The predicted octanol–water partition coefficient (Wildman–Crippen LogP) is 4.76. The Kier molecular flexibility index (Phi) is 6.20. The average molecular weight is 397 g/mol. The maximum absolute atomic E-state index is 12.7. The van der Waals surface area contributed by atoms with E-state index in [1.165, 1.54) is 32.1 Å². The highest BCUT2D eigenvalue weighted by Gasteiger charge is 2.28. The van der Waals surface area contributed by atoms with Gasteiger partial charge in [0.15, 0.2) is 0 Å². The summed E-state index contributed by atoms with van der Waals surface area (Å²) in [5.74, 6) is 1.14.